The molecule has 1 unspecified atom stereocenters. The van der Waals surface area contributed by atoms with Gasteiger partial charge in [-0.25, -0.2) is 4.98 Å². The molecule has 0 saturated carbocycles. The van der Waals surface area contributed by atoms with Crippen LogP contribution in [0.2, 0.25) is 0 Å². The van der Waals surface area contributed by atoms with E-state index in [0.29, 0.717) is 13.1 Å². The number of aromatic nitrogens is 1. The van der Waals surface area contributed by atoms with Gasteiger partial charge in [0.2, 0.25) is 0 Å². The summed E-state index contributed by atoms with van der Waals surface area (Å²) < 4.78 is 0. The van der Waals surface area contributed by atoms with Gasteiger partial charge in [0, 0.05) is 24.7 Å². The van der Waals surface area contributed by atoms with Crippen LogP contribution in [0.4, 0.5) is 5.13 Å². The maximum absolute atomic E-state index is 11.1. The van der Waals surface area contributed by atoms with Crippen LogP contribution in [-0.2, 0) is 11.3 Å². The number of hydrogen-bond donors (Lipinski definition) is 1. The standard InChI is InChI=1S/C15H18N2O2S/c1-11-5-3-4-6-13(11)10-17(9-12(2)14(18)19)15-16-7-8-20-15/h3-8,12H,9-10H2,1-2H3,(H,18,19). The number of anilines is 1. The molecule has 2 rings (SSSR count). The van der Waals surface area contributed by atoms with E-state index in [-0.39, 0.29) is 0 Å². The molecule has 1 heterocycles. The molecular formula is C15H18N2O2S. The number of carboxylic acid groups (broad SMARTS) is 1. The van der Waals surface area contributed by atoms with Crippen molar-refractivity contribution in [2.45, 2.75) is 20.4 Å². The van der Waals surface area contributed by atoms with E-state index in [1.165, 1.54) is 22.5 Å². The maximum Gasteiger partial charge on any atom is 0.308 e. The summed E-state index contributed by atoms with van der Waals surface area (Å²) in [5.74, 6) is -1.21. The number of carboxylic acids is 1. The van der Waals surface area contributed by atoms with Gasteiger partial charge in [-0.15, -0.1) is 11.3 Å². The van der Waals surface area contributed by atoms with Gasteiger partial charge in [0.05, 0.1) is 5.92 Å². The SMILES string of the molecule is Cc1ccccc1CN(CC(C)C(=O)O)c1nccs1. The van der Waals surface area contributed by atoms with Gasteiger partial charge in [-0.05, 0) is 18.1 Å². The molecule has 0 aliphatic carbocycles. The summed E-state index contributed by atoms with van der Waals surface area (Å²) in [6.45, 7) is 4.92. The molecule has 0 fully saturated rings. The number of aryl methyl sites for hydroxylation is 1. The number of rotatable bonds is 6. The van der Waals surface area contributed by atoms with E-state index in [0.717, 1.165) is 5.13 Å². The van der Waals surface area contributed by atoms with E-state index < -0.39 is 11.9 Å². The Kier molecular flexibility index (Phi) is 4.74. The van der Waals surface area contributed by atoms with E-state index in [4.69, 9.17) is 5.11 Å². The zero-order valence-electron chi connectivity index (χ0n) is 11.6. The molecule has 1 atom stereocenters. The van der Waals surface area contributed by atoms with Crippen molar-refractivity contribution in [1.82, 2.24) is 4.98 Å². The second-order valence-corrected chi connectivity index (χ2v) is 5.73. The summed E-state index contributed by atoms with van der Waals surface area (Å²) >= 11 is 1.53. The Labute approximate surface area is 122 Å². The summed E-state index contributed by atoms with van der Waals surface area (Å²) in [7, 11) is 0. The zero-order chi connectivity index (χ0) is 14.5. The van der Waals surface area contributed by atoms with Gasteiger partial charge >= 0.3 is 5.97 Å². The summed E-state index contributed by atoms with van der Waals surface area (Å²) in [5.41, 5.74) is 2.40. The third kappa shape index (κ3) is 3.57. The highest BCUT2D eigenvalue weighted by Crippen LogP contribution is 2.22. The second-order valence-electron chi connectivity index (χ2n) is 4.86. The van der Waals surface area contributed by atoms with Crippen molar-refractivity contribution in [3.8, 4) is 0 Å². The lowest BCUT2D eigenvalue weighted by Gasteiger charge is -2.24. The molecule has 5 heteroatoms. The number of carbonyl (C=O) groups is 1. The third-order valence-corrected chi connectivity index (χ3v) is 4.06. The minimum atomic E-state index is -0.781. The third-order valence-electron chi connectivity index (χ3n) is 3.23. The highest BCUT2D eigenvalue weighted by molar-refractivity contribution is 7.13. The Hall–Kier alpha value is -1.88. The van der Waals surface area contributed by atoms with Crippen LogP contribution in [0.5, 0.6) is 0 Å². The van der Waals surface area contributed by atoms with E-state index in [1.54, 1.807) is 13.1 Å². The topological polar surface area (TPSA) is 53.4 Å². The van der Waals surface area contributed by atoms with Crippen molar-refractivity contribution >= 4 is 22.4 Å². The molecule has 0 amide bonds. The lowest BCUT2D eigenvalue weighted by molar-refractivity contribution is -0.140. The molecule has 106 valence electrons. The van der Waals surface area contributed by atoms with Crippen molar-refractivity contribution in [1.29, 1.82) is 0 Å². The second kappa shape index (κ2) is 6.52. The van der Waals surface area contributed by atoms with Gasteiger partial charge in [-0.1, -0.05) is 31.2 Å². The van der Waals surface area contributed by atoms with E-state index in [9.17, 15) is 4.79 Å². The first-order chi connectivity index (χ1) is 9.58. The number of aliphatic carboxylic acids is 1. The highest BCUT2D eigenvalue weighted by atomic mass is 32.1. The average Bonchev–Trinajstić information content (AvgIpc) is 2.94. The predicted octanol–water partition coefficient (Wildman–Crippen LogP) is 3.18. The molecule has 2 aromatic rings. The lowest BCUT2D eigenvalue weighted by atomic mass is 10.1. The normalized spacial score (nSPS) is 12.1. The number of benzene rings is 1. The van der Waals surface area contributed by atoms with Crippen LogP contribution in [0.1, 0.15) is 18.1 Å². The average molecular weight is 290 g/mol. The van der Waals surface area contributed by atoms with Crippen LogP contribution in [0, 0.1) is 12.8 Å². The molecule has 0 aliphatic heterocycles. The largest absolute Gasteiger partial charge is 0.481 e. The van der Waals surface area contributed by atoms with Crippen molar-refractivity contribution in [2.24, 2.45) is 5.92 Å². The predicted molar refractivity (Wildman–Crippen MR) is 81.1 cm³/mol. The van der Waals surface area contributed by atoms with Crippen molar-refractivity contribution in [3.63, 3.8) is 0 Å². The highest BCUT2D eigenvalue weighted by Gasteiger charge is 2.18. The minimum absolute atomic E-state index is 0.428. The molecule has 1 aromatic carbocycles. The molecule has 20 heavy (non-hydrogen) atoms. The van der Waals surface area contributed by atoms with Crippen molar-refractivity contribution < 1.29 is 9.90 Å². The van der Waals surface area contributed by atoms with Gasteiger partial charge in [0.1, 0.15) is 0 Å². The fourth-order valence-electron chi connectivity index (χ4n) is 1.98. The van der Waals surface area contributed by atoms with Crippen LogP contribution in [0.3, 0.4) is 0 Å². The van der Waals surface area contributed by atoms with Gasteiger partial charge in [-0.2, -0.15) is 0 Å². The monoisotopic (exact) mass is 290 g/mol. The van der Waals surface area contributed by atoms with Gasteiger partial charge < -0.3 is 10.0 Å². The number of nitrogens with zero attached hydrogens (tertiary/aromatic N) is 2. The van der Waals surface area contributed by atoms with Gasteiger partial charge in [0.25, 0.3) is 0 Å². The summed E-state index contributed by atoms with van der Waals surface area (Å²) in [6, 6.07) is 8.15. The molecule has 0 aliphatic rings. The quantitative estimate of drug-likeness (QED) is 0.887. The number of thiazole rings is 1. The molecule has 0 spiro atoms. The summed E-state index contributed by atoms with van der Waals surface area (Å²) in [5, 5.41) is 11.9. The molecule has 0 bridgehead atoms. The van der Waals surface area contributed by atoms with Gasteiger partial charge in [0.15, 0.2) is 5.13 Å². The zero-order valence-corrected chi connectivity index (χ0v) is 12.4. The first-order valence-electron chi connectivity index (χ1n) is 6.49. The Morgan fingerprint density at radius 3 is 2.80 bits per heavy atom. The summed E-state index contributed by atoms with van der Waals surface area (Å²) in [6.07, 6.45) is 1.75. The molecule has 4 nitrogen and oxygen atoms in total. The Balaban J connectivity index is 2.19. The molecule has 1 aromatic heterocycles. The maximum atomic E-state index is 11.1. The smallest absolute Gasteiger partial charge is 0.308 e. The first kappa shape index (κ1) is 14.5. The van der Waals surface area contributed by atoms with Crippen LogP contribution in [0.25, 0.3) is 0 Å². The van der Waals surface area contributed by atoms with Crippen LogP contribution in [0.15, 0.2) is 35.8 Å². The first-order valence-corrected chi connectivity index (χ1v) is 7.37. The summed E-state index contributed by atoms with van der Waals surface area (Å²) in [4.78, 5) is 17.4. The van der Waals surface area contributed by atoms with Crippen molar-refractivity contribution in [3.05, 3.63) is 47.0 Å². The fourth-order valence-corrected chi connectivity index (χ4v) is 2.64. The van der Waals surface area contributed by atoms with Crippen LogP contribution in [-0.4, -0.2) is 22.6 Å². The van der Waals surface area contributed by atoms with E-state index >= 15 is 0 Å². The van der Waals surface area contributed by atoms with Crippen LogP contribution >= 0.6 is 11.3 Å². The minimum Gasteiger partial charge on any atom is -0.481 e. The number of hydrogen-bond acceptors (Lipinski definition) is 4. The Morgan fingerprint density at radius 2 is 2.20 bits per heavy atom. The molecule has 0 saturated heterocycles. The fraction of sp³-hybridized carbons (Fsp3) is 0.333. The van der Waals surface area contributed by atoms with Gasteiger partial charge in [-0.3, -0.25) is 4.79 Å². The Morgan fingerprint density at radius 1 is 1.45 bits per heavy atom. The molecular weight excluding hydrogens is 272 g/mol. The molecule has 1 N–H and O–H groups in total. The van der Waals surface area contributed by atoms with Crippen molar-refractivity contribution in [2.75, 3.05) is 11.4 Å². The van der Waals surface area contributed by atoms with E-state index in [1.807, 2.05) is 22.4 Å². The molecule has 0 radical (unpaired) electrons. The van der Waals surface area contributed by atoms with Crippen LogP contribution < -0.4 is 4.90 Å². The Bertz CT molecular complexity index is 569. The lowest BCUT2D eigenvalue weighted by Crippen LogP contribution is -2.31. The van der Waals surface area contributed by atoms with E-state index in [2.05, 4.69) is 24.0 Å².